The lowest BCUT2D eigenvalue weighted by atomic mass is 10.1. The van der Waals surface area contributed by atoms with Crippen LogP contribution in [-0.2, 0) is 26.2 Å². The van der Waals surface area contributed by atoms with Crippen molar-refractivity contribution in [2.45, 2.75) is 56.1 Å². The maximum atomic E-state index is 13.9. The monoisotopic (exact) mass is 679 g/mol. The van der Waals surface area contributed by atoms with Gasteiger partial charge in [0.25, 0.3) is 10.0 Å². The third-order valence-corrected chi connectivity index (χ3v) is 9.58. The first kappa shape index (κ1) is 29.4. The van der Waals surface area contributed by atoms with Crippen LogP contribution in [0.3, 0.4) is 0 Å². The molecule has 1 saturated carbocycles. The molecule has 1 unspecified atom stereocenters. The van der Waals surface area contributed by atoms with Crippen molar-refractivity contribution in [3.05, 3.63) is 93.0 Å². The zero-order valence-corrected chi connectivity index (χ0v) is 25.3. The van der Waals surface area contributed by atoms with E-state index in [0.717, 1.165) is 39.1 Å². The molecule has 2 amide bonds. The highest BCUT2D eigenvalue weighted by Gasteiger charge is 2.33. The Morgan fingerprint density at radius 1 is 1.00 bits per heavy atom. The van der Waals surface area contributed by atoms with Gasteiger partial charge in [0.2, 0.25) is 11.8 Å². The zero-order chi connectivity index (χ0) is 28.0. The van der Waals surface area contributed by atoms with E-state index < -0.39 is 28.5 Å². The molecule has 1 aliphatic rings. The molecule has 3 aromatic carbocycles. The van der Waals surface area contributed by atoms with Crippen LogP contribution in [0.25, 0.3) is 0 Å². The van der Waals surface area contributed by atoms with E-state index in [1.165, 1.54) is 17.0 Å². The van der Waals surface area contributed by atoms with Gasteiger partial charge in [0, 0.05) is 21.2 Å². The number of nitrogens with one attached hydrogen (secondary N) is 1. The second kappa shape index (κ2) is 13.1. The molecular weight excluding hydrogens is 649 g/mol. The summed E-state index contributed by atoms with van der Waals surface area (Å²) in [6.45, 7) is 1.30. The Labute approximate surface area is 248 Å². The highest BCUT2D eigenvalue weighted by atomic mass is 127. The molecule has 1 aliphatic carbocycles. The summed E-state index contributed by atoms with van der Waals surface area (Å²) < 4.78 is 29.6. The van der Waals surface area contributed by atoms with Crippen LogP contribution in [0.5, 0.6) is 0 Å². The van der Waals surface area contributed by atoms with Crippen molar-refractivity contribution in [2.24, 2.45) is 0 Å². The van der Waals surface area contributed by atoms with Crippen LogP contribution in [0.4, 0.5) is 5.69 Å². The minimum Gasteiger partial charge on any atom is -0.352 e. The van der Waals surface area contributed by atoms with Crippen molar-refractivity contribution >= 4 is 61.7 Å². The van der Waals surface area contributed by atoms with Crippen LogP contribution < -0.4 is 9.62 Å². The first-order valence-corrected chi connectivity index (χ1v) is 15.7. The lowest BCUT2D eigenvalue weighted by Gasteiger charge is -2.32. The van der Waals surface area contributed by atoms with E-state index in [1.807, 2.05) is 6.07 Å². The summed E-state index contributed by atoms with van der Waals surface area (Å²) in [7, 11) is -4.08. The fourth-order valence-corrected chi connectivity index (χ4v) is 6.67. The summed E-state index contributed by atoms with van der Waals surface area (Å²) in [5, 5.41) is 3.58. The minimum absolute atomic E-state index is 0.0739. The predicted octanol–water partition coefficient (Wildman–Crippen LogP) is 5.62. The van der Waals surface area contributed by atoms with Gasteiger partial charge in [0.05, 0.1) is 10.6 Å². The summed E-state index contributed by atoms with van der Waals surface area (Å²) in [6, 6.07) is 21.3. The second-order valence-corrected chi connectivity index (χ2v) is 13.2. The second-order valence-electron chi connectivity index (χ2n) is 9.62. The number of rotatable bonds is 10. The summed E-state index contributed by atoms with van der Waals surface area (Å²) in [5.41, 5.74) is 1.10. The molecule has 0 bridgehead atoms. The van der Waals surface area contributed by atoms with Crippen LogP contribution in [0, 0.1) is 3.57 Å². The maximum Gasteiger partial charge on any atom is 0.264 e. The molecule has 1 fully saturated rings. The van der Waals surface area contributed by atoms with Gasteiger partial charge in [-0.1, -0.05) is 54.8 Å². The fourth-order valence-electron chi connectivity index (χ4n) is 4.66. The van der Waals surface area contributed by atoms with Gasteiger partial charge in [-0.2, -0.15) is 0 Å². The van der Waals surface area contributed by atoms with Gasteiger partial charge >= 0.3 is 0 Å². The van der Waals surface area contributed by atoms with E-state index in [2.05, 4.69) is 27.9 Å². The van der Waals surface area contributed by atoms with Gasteiger partial charge in [0.1, 0.15) is 12.6 Å². The minimum atomic E-state index is -4.08. The molecule has 0 spiro atoms. The highest BCUT2D eigenvalue weighted by Crippen LogP contribution is 2.26. The maximum absolute atomic E-state index is 13.9. The van der Waals surface area contributed by atoms with E-state index in [1.54, 1.807) is 67.6 Å². The Morgan fingerprint density at radius 2 is 1.67 bits per heavy atom. The van der Waals surface area contributed by atoms with Gasteiger partial charge in [0.15, 0.2) is 0 Å². The number of carbonyl (C=O) groups is 2. The lowest BCUT2D eigenvalue weighted by Crippen LogP contribution is -2.52. The molecule has 4 rings (SSSR count). The number of sulfonamides is 1. The third-order valence-electron chi connectivity index (χ3n) is 6.84. The van der Waals surface area contributed by atoms with Crippen molar-refractivity contribution in [3.63, 3.8) is 0 Å². The average molecular weight is 680 g/mol. The molecule has 0 radical (unpaired) electrons. The van der Waals surface area contributed by atoms with Gasteiger partial charge in [-0.3, -0.25) is 13.9 Å². The van der Waals surface area contributed by atoms with Crippen molar-refractivity contribution < 1.29 is 18.0 Å². The van der Waals surface area contributed by atoms with Gasteiger partial charge in [-0.05, 0) is 96.5 Å². The van der Waals surface area contributed by atoms with Gasteiger partial charge in [-0.25, -0.2) is 8.42 Å². The molecular formula is C29H31ClIN3O4S. The Balaban J connectivity index is 1.67. The van der Waals surface area contributed by atoms with E-state index >= 15 is 0 Å². The number of anilines is 1. The zero-order valence-electron chi connectivity index (χ0n) is 21.6. The Hall–Kier alpha value is -2.63. The Kier molecular flexibility index (Phi) is 9.90. The number of benzene rings is 3. The highest BCUT2D eigenvalue weighted by molar-refractivity contribution is 14.1. The molecule has 10 heteroatoms. The predicted molar refractivity (Wildman–Crippen MR) is 162 cm³/mol. The molecule has 7 nitrogen and oxygen atoms in total. The molecule has 3 aromatic rings. The number of hydrogen-bond acceptors (Lipinski definition) is 4. The largest absolute Gasteiger partial charge is 0.352 e. The number of nitrogens with zero attached hydrogens (tertiary/aromatic N) is 2. The van der Waals surface area contributed by atoms with Crippen molar-refractivity contribution in [3.8, 4) is 0 Å². The number of carbonyl (C=O) groups excluding carboxylic acids is 2. The SMILES string of the molecule is CC(C(=O)NC1CCCC1)N(Cc1cccc(Cl)c1)C(=O)CN(c1ccc(I)cc1)S(=O)(=O)c1ccccc1. The topological polar surface area (TPSA) is 86.8 Å². The normalized spacial score (nSPS) is 14.5. The molecule has 206 valence electrons. The molecule has 1 atom stereocenters. The number of hydrogen-bond donors (Lipinski definition) is 1. The van der Waals surface area contributed by atoms with Crippen LogP contribution in [-0.4, -0.2) is 43.8 Å². The van der Waals surface area contributed by atoms with E-state index in [-0.39, 0.29) is 23.4 Å². The summed E-state index contributed by atoms with van der Waals surface area (Å²) in [5.74, 6) is -0.758. The van der Waals surface area contributed by atoms with Crippen LogP contribution in [0.1, 0.15) is 38.2 Å². The fraction of sp³-hybridized carbons (Fsp3) is 0.310. The third kappa shape index (κ3) is 7.52. The molecule has 0 aromatic heterocycles. The Bertz CT molecular complexity index is 1400. The summed E-state index contributed by atoms with van der Waals surface area (Å²) >= 11 is 8.34. The standard InChI is InChI=1S/C29H31ClIN3O4S/c1-21(29(36)32-25-10-5-6-11-25)33(19-22-8-7-9-23(30)18-22)28(35)20-34(26-16-14-24(31)15-17-26)39(37,38)27-12-3-2-4-13-27/h2-4,7-9,12-18,21,25H,5-6,10-11,19-20H2,1H3,(H,32,36). The smallest absolute Gasteiger partial charge is 0.264 e. The quantitative estimate of drug-likeness (QED) is 0.282. The first-order chi connectivity index (χ1) is 18.6. The van der Waals surface area contributed by atoms with Gasteiger partial charge < -0.3 is 10.2 Å². The van der Waals surface area contributed by atoms with Crippen molar-refractivity contribution in [2.75, 3.05) is 10.8 Å². The van der Waals surface area contributed by atoms with Crippen LogP contribution in [0.2, 0.25) is 5.02 Å². The Morgan fingerprint density at radius 3 is 2.31 bits per heavy atom. The van der Waals surface area contributed by atoms with Crippen molar-refractivity contribution in [1.29, 1.82) is 0 Å². The summed E-state index contributed by atoms with van der Waals surface area (Å²) in [4.78, 5) is 28.7. The molecule has 0 saturated heterocycles. The van der Waals surface area contributed by atoms with E-state index in [0.29, 0.717) is 10.7 Å². The van der Waals surface area contributed by atoms with Crippen molar-refractivity contribution in [1.82, 2.24) is 10.2 Å². The molecule has 0 heterocycles. The summed E-state index contributed by atoms with van der Waals surface area (Å²) in [6.07, 6.45) is 3.95. The first-order valence-electron chi connectivity index (χ1n) is 12.8. The number of halogens is 2. The molecule has 0 aliphatic heterocycles. The van der Waals surface area contributed by atoms with Crippen LogP contribution >= 0.6 is 34.2 Å². The number of amides is 2. The molecule has 1 N–H and O–H groups in total. The lowest BCUT2D eigenvalue weighted by molar-refractivity contribution is -0.139. The van der Waals surface area contributed by atoms with E-state index in [9.17, 15) is 18.0 Å². The van der Waals surface area contributed by atoms with Gasteiger partial charge in [-0.15, -0.1) is 0 Å². The average Bonchev–Trinajstić information content (AvgIpc) is 3.44. The molecule has 39 heavy (non-hydrogen) atoms. The van der Waals surface area contributed by atoms with Crippen LogP contribution in [0.15, 0.2) is 83.8 Å². The van der Waals surface area contributed by atoms with E-state index in [4.69, 9.17) is 11.6 Å².